The average molecular weight is 220 g/mol. The lowest BCUT2D eigenvalue weighted by Gasteiger charge is -2.19. The molecule has 0 bridgehead atoms. The Bertz CT molecular complexity index is 363. The predicted molar refractivity (Wildman–Crippen MR) is 61.6 cm³/mol. The first-order chi connectivity index (χ1) is 7.69. The summed E-state index contributed by atoms with van der Waals surface area (Å²) in [5.74, 6) is -1.06. The summed E-state index contributed by atoms with van der Waals surface area (Å²) < 4.78 is 0. The highest BCUT2D eigenvalue weighted by Crippen LogP contribution is 2.04. The van der Waals surface area contributed by atoms with Crippen LogP contribution < -0.4 is 5.32 Å². The Morgan fingerprint density at radius 3 is 2.38 bits per heavy atom. The van der Waals surface area contributed by atoms with E-state index in [2.05, 4.69) is 5.32 Å². The molecule has 0 saturated carbocycles. The zero-order chi connectivity index (χ0) is 12.0. The van der Waals surface area contributed by atoms with Gasteiger partial charge in [-0.3, -0.25) is 9.59 Å². The van der Waals surface area contributed by atoms with E-state index in [1.54, 1.807) is 0 Å². The minimum absolute atomic E-state index is 0.462. The van der Waals surface area contributed by atoms with Gasteiger partial charge in [0.25, 0.3) is 0 Å². The van der Waals surface area contributed by atoms with Crippen LogP contribution in [0.5, 0.6) is 0 Å². The second-order valence-corrected chi connectivity index (χ2v) is 3.38. The summed E-state index contributed by atoms with van der Waals surface area (Å²) in [5, 5.41) is 2.34. The van der Waals surface area contributed by atoms with Crippen molar-refractivity contribution in [2.75, 3.05) is 13.6 Å². The molecule has 0 aromatic heterocycles. The van der Waals surface area contributed by atoms with E-state index in [0.717, 1.165) is 5.56 Å². The van der Waals surface area contributed by atoms with Crippen molar-refractivity contribution in [1.82, 2.24) is 10.2 Å². The number of likely N-dealkylation sites (N-methyl/N-ethyl adjacent to an activating group) is 2. The zero-order valence-corrected chi connectivity index (χ0v) is 9.56. The molecule has 0 aliphatic carbocycles. The van der Waals surface area contributed by atoms with Gasteiger partial charge in [-0.05, 0) is 12.5 Å². The molecule has 0 heterocycles. The molecule has 86 valence electrons. The first-order valence-corrected chi connectivity index (χ1v) is 5.24. The Kier molecular flexibility index (Phi) is 4.51. The minimum atomic E-state index is -0.571. The second kappa shape index (κ2) is 5.90. The van der Waals surface area contributed by atoms with E-state index >= 15 is 0 Å². The molecule has 2 amide bonds. The molecule has 0 fully saturated rings. The van der Waals surface area contributed by atoms with E-state index in [1.165, 1.54) is 11.9 Å². The van der Waals surface area contributed by atoms with Crippen LogP contribution in [0.25, 0.3) is 0 Å². The number of nitrogens with one attached hydrogen (secondary N) is 1. The molecule has 4 heteroatoms. The largest absolute Gasteiger partial charge is 0.351 e. The van der Waals surface area contributed by atoms with Crippen LogP contribution in [0.3, 0.4) is 0 Å². The van der Waals surface area contributed by atoms with Crippen LogP contribution in [0.1, 0.15) is 12.5 Å². The van der Waals surface area contributed by atoms with E-state index < -0.39 is 11.8 Å². The topological polar surface area (TPSA) is 49.4 Å². The predicted octanol–water partition coefficient (Wildman–Crippen LogP) is 0.781. The van der Waals surface area contributed by atoms with Gasteiger partial charge in [0.15, 0.2) is 0 Å². The molecule has 1 N–H and O–H groups in total. The maximum absolute atomic E-state index is 11.6. The molecular formula is C12H16N2O2. The van der Waals surface area contributed by atoms with Gasteiger partial charge in [0.2, 0.25) is 0 Å². The molecule has 16 heavy (non-hydrogen) atoms. The molecule has 1 aromatic rings. The van der Waals surface area contributed by atoms with Gasteiger partial charge in [0, 0.05) is 20.1 Å². The van der Waals surface area contributed by atoms with Crippen molar-refractivity contribution in [3.63, 3.8) is 0 Å². The maximum Gasteiger partial charge on any atom is 0.312 e. The van der Waals surface area contributed by atoms with Gasteiger partial charge in [-0.2, -0.15) is 0 Å². The summed E-state index contributed by atoms with van der Waals surface area (Å²) in [4.78, 5) is 24.3. The standard InChI is InChI=1S/C12H16N2O2/c1-3-14(12(16)11(15)13-2)9-10-7-5-4-6-8-10/h4-8H,3,9H2,1-2H3,(H,13,15). The third-order valence-electron chi connectivity index (χ3n) is 2.31. The van der Waals surface area contributed by atoms with Crippen LogP contribution >= 0.6 is 0 Å². The Labute approximate surface area is 95.3 Å². The number of carbonyl (C=O) groups is 2. The highest BCUT2D eigenvalue weighted by Gasteiger charge is 2.18. The fourth-order valence-electron chi connectivity index (χ4n) is 1.38. The molecule has 1 rings (SSSR count). The van der Waals surface area contributed by atoms with E-state index in [1.807, 2.05) is 37.3 Å². The molecule has 0 unspecified atom stereocenters. The van der Waals surface area contributed by atoms with Gasteiger partial charge in [0.05, 0.1) is 0 Å². The van der Waals surface area contributed by atoms with E-state index in [0.29, 0.717) is 13.1 Å². The Balaban J connectivity index is 2.69. The quantitative estimate of drug-likeness (QED) is 0.765. The molecule has 1 aromatic carbocycles. The first kappa shape index (κ1) is 12.2. The van der Waals surface area contributed by atoms with Gasteiger partial charge in [-0.25, -0.2) is 0 Å². The molecule has 0 atom stereocenters. The fraction of sp³-hybridized carbons (Fsp3) is 0.333. The zero-order valence-electron chi connectivity index (χ0n) is 9.56. The average Bonchev–Trinajstić information content (AvgIpc) is 2.35. The van der Waals surface area contributed by atoms with Gasteiger partial charge < -0.3 is 10.2 Å². The summed E-state index contributed by atoms with van der Waals surface area (Å²) in [6.07, 6.45) is 0. The van der Waals surface area contributed by atoms with E-state index in [4.69, 9.17) is 0 Å². The number of hydrogen-bond acceptors (Lipinski definition) is 2. The van der Waals surface area contributed by atoms with Gasteiger partial charge in [-0.15, -0.1) is 0 Å². The molecule has 0 aliphatic rings. The molecule has 0 radical (unpaired) electrons. The minimum Gasteiger partial charge on any atom is -0.351 e. The lowest BCUT2D eigenvalue weighted by molar-refractivity contribution is -0.145. The van der Waals surface area contributed by atoms with Crippen molar-refractivity contribution in [3.05, 3.63) is 35.9 Å². The van der Waals surface area contributed by atoms with Gasteiger partial charge in [0.1, 0.15) is 0 Å². The summed E-state index contributed by atoms with van der Waals surface area (Å²) in [6, 6.07) is 9.60. The number of nitrogens with zero attached hydrogens (tertiary/aromatic N) is 1. The van der Waals surface area contributed by atoms with E-state index in [-0.39, 0.29) is 0 Å². The van der Waals surface area contributed by atoms with Crippen molar-refractivity contribution in [2.24, 2.45) is 0 Å². The van der Waals surface area contributed by atoms with Crippen molar-refractivity contribution in [1.29, 1.82) is 0 Å². The third-order valence-corrected chi connectivity index (χ3v) is 2.31. The number of rotatable bonds is 3. The molecular weight excluding hydrogens is 204 g/mol. The van der Waals surface area contributed by atoms with Crippen molar-refractivity contribution >= 4 is 11.8 Å². The lowest BCUT2D eigenvalue weighted by atomic mass is 10.2. The number of hydrogen-bond donors (Lipinski definition) is 1. The lowest BCUT2D eigenvalue weighted by Crippen LogP contribution is -2.41. The monoisotopic (exact) mass is 220 g/mol. The van der Waals surface area contributed by atoms with Crippen LogP contribution in [0.2, 0.25) is 0 Å². The van der Waals surface area contributed by atoms with Crippen LogP contribution in [0.15, 0.2) is 30.3 Å². The van der Waals surface area contributed by atoms with Crippen LogP contribution in [0, 0.1) is 0 Å². The van der Waals surface area contributed by atoms with Crippen molar-refractivity contribution in [3.8, 4) is 0 Å². The van der Waals surface area contributed by atoms with Crippen LogP contribution in [0.4, 0.5) is 0 Å². The number of amides is 2. The smallest absolute Gasteiger partial charge is 0.312 e. The first-order valence-electron chi connectivity index (χ1n) is 5.24. The molecule has 0 spiro atoms. The molecule has 0 aliphatic heterocycles. The van der Waals surface area contributed by atoms with Crippen molar-refractivity contribution in [2.45, 2.75) is 13.5 Å². The highest BCUT2D eigenvalue weighted by atomic mass is 16.2. The van der Waals surface area contributed by atoms with Crippen LogP contribution in [-0.4, -0.2) is 30.3 Å². The fourth-order valence-corrected chi connectivity index (χ4v) is 1.38. The Morgan fingerprint density at radius 2 is 1.88 bits per heavy atom. The summed E-state index contributed by atoms with van der Waals surface area (Å²) in [5.41, 5.74) is 1.02. The highest BCUT2D eigenvalue weighted by molar-refractivity contribution is 6.34. The van der Waals surface area contributed by atoms with Crippen molar-refractivity contribution < 1.29 is 9.59 Å². The van der Waals surface area contributed by atoms with Crippen LogP contribution in [-0.2, 0) is 16.1 Å². The number of benzene rings is 1. The third kappa shape index (κ3) is 3.08. The summed E-state index contributed by atoms with van der Waals surface area (Å²) >= 11 is 0. The number of carbonyl (C=O) groups excluding carboxylic acids is 2. The Morgan fingerprint density at radius 1 is 1.25 bits per heavy atom. The summed E-state index contributed by atoms with van der Waals surface area (Å²) in [6.45, 7) is 2.83. The van der Waals surface area contributed by atoms with Gasteiger partial charge in [-0.1, -0.05) is 30.3 Å². The summed E-state index contributed by atoms with van der Waals surface area (Å²) in [7, 11) is 1.45. The second-order valence-electron chi connectivity index (χ2n) is 3.38. The Hall–Kier alpha value is -1.84. The SMILES string of the molecule is CCN(Cc1ccccc1)C(=O)C(=O)NC. The molecule has 4 nitrogen and oxygen atoms in total. The molecule has 0 saturated heterocycles. The maximum atomic E-state index is 11.6. The normalized spacial score (nSPS) is 9.62. The van der Waals surface area contributed by atoms with E-state index in [9.17, 15) is 9.59 Å². The van der Waals surface area contributed by atoms with Gasteiger partial charge >= 0.3 is 11.8 Å².